The second-order valence-corrected chi connectivity index (χ2v) is 6.72. The van der Waals surface area contributed by atoms with Crippen molar-refractivity contribution in [3.63, 3.8) is 0 Å². The van der Waals surface area contributed by atoms with Crippen LogP contribution in [0.5, 0.6) is 5.75 Å². The number of carbonyl (C=O) groups excluding carboxylic acids is 3. The fraction of sp³-hybridized carbons (Fsp3) is 0.227. The van der Waals surface area contributed by atoms with Gasteiger partial charge in [-0.2, -0.15) is 0 Å². The van der Waals surface area contributed by atoms with Crippen LogP contribution in [0.15, 0.2) is 59.3 Å². The van der Waals surface area contributed by atoms with Crippen LogP contribution >= 0.6 is 11.6 Å². The number of hydrogen-bond donors (Lipinski definition) is 1. The van der Waals surface area contributed by atoms with Crippen LogP contribution in [0.2, 0.25) is 0 Å². The average Bonchev–Trinajstić information content (AvgIpc) is 2.96. The number of hydrogen-bond acceptors (Lipinski definition) is 6. The minimum absolute atomic E-state index is 0.0921. The van der Waals surface area contributed by atoms with E-state index in [2.05, 4.69) is 5.32 Å². The Hall–Kier alpha value is -3.32. The summed E-state index contributed by atoms with van der Waals surface area (Å²) in [5, 5.41) is 2.63. The van der Waals surface area contributed by atoms with Gasteiger partial charge in [0.15, 0.2) is 0 Å². The predicted octanol–water partition coefficient (Wildman–Crippen LogP) is 4.09. The lowest BCUT2D eigenvalue weighted by atomic mass is 10.1. The van der Waals surface area contributed by atoms with Crippen molar-refractivity contribution < 1.29 is 23.9 Å². The van der Waals surface area contributed by atoms with E-state index in [0.29, 0.717) is 24.5 Å². The largest absolute Gasteiger partial charge is 0.492 e. The van der Waals surface area contributed by atoms with E-state index in [4.69, 9.17) is 21.1 Å². The Morgan fingerprint density at radius 2 is 1.73 bits per heavy atom. The summed E-state index contributed by atoms with van der Waals surface area (Å²) < 4.78 is 10.7. The quantitative estimate of drug-likeness (QED) is 0.503. The van der Waals surface area contributed by atoms with Crippen LogP contribution in [0, 0.1) is 0 Å². The highest BCUT2D eigenvalue weighted by Gasteiger charge is 2.40. The molecule has 0 radical (unpaired) electrons. The molecular weight excluding hydrogens is 408 g/mol. The molecule has 0 atom stereocenters. The van der Waals surface area contributed by atoms with Crippen LogP contribution in [0.4, 0.5) is 11.4 Å². The van der Waals surface area contributed by atoms with Gasteiger partial charge in [0.25, 0.3) is 11.8 Å². The molecule has 1 aliphatic rings. The number of amides is 2. The van der Waals surface area contributed by atoms with Crippen molar-refractivity contribution in [1.29, 1.82) is 0 Å². The number of esters is 1. The van der Waals surface area contributed by atoms with Gasteiger partial charge in [0.05, 0.1) is 30.2 Å². The first-order valence-corrected chi connectivity index (χ1v) is 9.90. The highest BCUT2D eigenvalue weighted by molar-refractivity contribution is 6.53. The highest BCUT2D eigenvalue weighted by Crippen LogP contribution is 2.34. The second kappa shape index (κ2) is 9.45. The number of nitrogens with one attached hydrogen (secondary N) is 1. The zero-order valence-corrected chi connectivity index (χ0v) is 17.4. The molecule has 0 unspecified atom stereocenters. The van der Waals surface area contributed by atoms with Crippen molar-refractivity contribution in [1.82, 2.24) is 0 Å². The molecule has 30 heavy (non-hydrogen) atoms. The molecule has 1 heterocycles. The van der Waals surface area contributed by atoms with Crippen LogP contribution in [0.1, 0.15) is 30.6 Å². The molecule has 0 fully saturated rings. The molecule has 1 N–H and O–H groups in total. The molecule has 2 aromatic rings. The Bertz CT molecular complexity index is 1020. The molecule has 7 nitrogen and oxygen atoms in total. The van der Waals surface area contributed by atoms with Crippen LogP contribution in [-0.4, -0.2) is 31.0 Å². The fourth-order valence-corrected chi connectivity index (χ4v) is 3.14. The van der Waals surface area contributed by atoms with Gasteiger partial charge in [-0.1, -0.05) is 42.8 Å². The first-order chi connectivity index (χ1) is 14.5. The Balaban J connectivity index is 1.93. The van der Waals surface area contributed by atoms with E-state index in [9.17, 15) is 14.4 Å². The molecule has 8 heteroatoms. The second-order valence-electron chi connectivity index (χ2n) is 6.34. The predicted molar refractivity (Wildman–Crippen MR) is 114 cm³/mol. The van der Waals surface area contributed by atoms with Crippen molar-refractivity contribution in [2.75, 3.05) is 23.4 Å². The molecule has 2 aromatic carbocycles. The summed E-state index contributed by atoms with van der Waals surface area (Å²) >= 11 is 6.21. The van der Waals surface area contributed by atoms with Gasteiger partial charge in [-0.15, -0.1) is 0 Å². The number of carbonyl (C=O) groups is 3. The molecule has 0 aromatic heterocycles. The summed E-state index contributed by atoms with van der Waals surface area (Å²) in [6, 6.07) is 13.2. The lowest BCUT2D eigenvalue weighted by molar-refractivity contribution is -0.120. The zero-order valence-electron chi connectivity index (χ0n) is 16.6. The smallest absolute Gasteiger partial charge is 0.340 e. The van der Waals surface area contributed by atoms with E-state index in [1.165, 1.54) is 12.1 Å². The number of anilines is 2. The number of ether oxygens (including phenoxy) is 2. The zero-order chi connectivity index (χ0) is 21.7. The molecule has 156 valence electrons. The number of rotatable bonds is 8. The maximum atomic E-state index is 13.1. The summed E-state index contributed by atoms with van der Waals surface area (Å²) in [6.07, 6.45) is 0.649. The molecular formula is C22H21ClN2O5. The summed E-state index contributed by atoms with van der Waals surface area (Å²) in [5.41, 5.74) is 0.617. The molecule has 0 saturated heterocycles. The average molecular weight is 429 g/mol. The van der Waals surface area contributed by atoms with Crippen molar-refractivity contribution >= 4 is 40.8 Å². The van der Waals surface area contributed by atoms with Crippen molar-refractivity contribution in [3.05, 3.63) is 64.8 Å². The van der Waals surface area contributed by atoms with E-state index in [0.717, 1.165) is 4.90 Å². The highest BCUT2D eigenvalue weighted by atomic mass is 35.5. The molecule has 0 saturated carbocycles. The van der Waals surface area contributed by atoms with E-state index in [-0.39, 0.29) is 28.6 Å². The third kappa shape index (κ3) is 4.16. The first-order valence-electron chi connectivity index (χ1n) is 9.53. The molecule has 1 aliphatic heterocycles. The fourth-order valence-electron chi connectivity index (χ4n) is 2.93. The van der Waals surface area contributed by atoms with E-state index in [1.807, 2.05) is 13.8 Å². The molecule has 2 amide bonds. The lowest BCUT2D eigenvalue weighted by Gasteiger charge is -2.18. The van der Waals surface area contributed by atoms with Gasteiger partial charge in [0, 0.05) is 0 Å². The summed E-state index contributed by atoms with van der Waals surface area (Å²) in [6.45, 7) is 4.37. The van der Waals surface area contributed by atoms with Gasteiger partial charge < -0.3 is 14.8 Å². The molecule has 3 rings (SSSR count). The standard InChI is InChI=1S/C22H21ClN2O5/c1-3-13-30-22(28)14-9-5-7-11-16(14)25-20(26)18(23)19(21(25)27)24-15-10-6-8-12-17(15)29-4-2/h5-12,24H,3-4,13H2,1-2H3. The van der Waals surface area contributed by atoms with Crippen LogP contribution in [0.3, 0.4) is 0 Å². The summed E-state index contributed by atoms with van der Waals surface area (Å²) in [7, 11) is 0. The summed E-state index contributed by atoms with van der Waals surface area (Å²) in [4.78, 5) is 39.2. The van der Waals surface area contributed by atoms with E-state index >= 15 is 0 Å². The number of nitrogens with zero attached hydrogens (tertiary/aromatic N) is 1. The van der Waals surface area contributed by atoms with Crippen LogP contribution in [-0.2, 0) is 14.3 Å². The van der Waals surface area contributed by atoms with Gasteiger partial charge in [-0.05, 0) is 37.6 Å². The lowest BCUT2D eigenvalue weighted by Crippen LogP contribution is -2.33. The third-order valence-corrected chi connectivity index (χ3v) is 4.63. The molecule has 0 aliphatic carbocycles. The van der Waals surface area contributed by atoms with Crippen molar-refractivity contribution in [2.45, 2.75) is 20.3 Å². The topological polar surface area (TPSA) is 84.9 Å². The SMILES string of the molecule is CCCOC(=O)c1ccccc1N1C(=O)C(Cl)=C(Nc2ccccc2OCC)C1=O. The number of halogens is 1. The maximum Gasteiger partial charge on any atom is 0.340 e. The van der Waals surface area contributed by atoms with Crippen molar-refractivity contribution in [2.24, 2.45) is 0 Å². The van der Waals surface area contributed by atoms with E-state index < -0.39 is 17.8 Å². The summed E-state index contributed by atoms with van der Waals surface area (Å²) in [5.74, 6) is -1.51. The van der Waals surface area contributed by atoms with Gasteiger partial charge in [0.1, 0.15) is 16.5 Å². The van der Waals surface area contributed by atoms with Gasteiger partial charge in [-0.3, -0.25) is 9.59 Å². The van der Waals surface area contributed by atoms with Crippen molar-refractivity contribution in [3.8, 4) is 5.75 Å². The molecule has 0 bridgehead atoms. The number of imide groups is 1. The third-order valence-electron chi connectivity index (χ3n) is 4.28. The minimum atomic E-state index is -0.728. The van der Waals surface area contributed by atoms with Gasteiger partial charge in [-0.25, -0.2) is 9.69 Å². The van der Waals surface area contributed by atoms with Crippen LogP contribution < -0.4 is 15.0 Å². The Morgan fingerprint density at radius 3 is 2.47 bits per heavy atom. The van der Waals surface area contributed by atoms with Crippen LogP contribution in [0.25, 0.3) is 0 Å². The molecule has 0 spiro atoms. The Labute approximate surface area is 179 Å². The number of benzene rings is 2. The first kappa shape index (κ1) is 21.4. The Kier molecular flexibility index (Phi) is 6.74. The maximum absolute atomic E-state index is 13.1. The Morgan fingerprint density at radius 1 is 1.03 bits per heavy atom. The van der Waals surface area contributed by atoms with Gasteiger partial charge in [0.2, 0.25) is 0 Å². The van der Waals surface area contributed by atoms with E-state index in [1.54, 1.807) is 36.4 Å². The monoisotopic (exact) mass is 428 g/mol. The minimum Gasteiger partial charge on any atom is -0.492 e. The van der Waals surface area contributed by atoms with Gasteiger partial charge >= 0.3 is 5.97 Å². The normalized spacial score (nSPS) is 13.6. The number of para-hydroxylation sites is 3.